The molecule has 0 unspecified atom stereocenters. The lowest BCUT2D eigenvalue weighted by Crippen LogP contribution is -2.38. The van der Waals surface area contributed by atoms with Gasteiger partial charge in [0.25, 0.3) is 0 Å². The van der Waals surface area contributed by atoms with Gasteiger partial charge < -0.3 is 9.88 Å². The van der Waals surface area contributed by atoms with E-state index in [4.69, 9.17) is 0 Å². The van der Waals surface area contributed by atoms with Gasteiger partial charge in [-0.1, -0.05) is 18.2 Å². The van der Waals surface area contributed by atoms with Gasteiger partial charge in [0, 0.05) is 29.6 Å². The molecular weight excluding hydrogens is 184 g/mol. The summed E-state index contributed by atoms with van der Waals surface area (Å²) in [5, 5.41) is 1.45. The molecule has 15 heavy (non-hydrogen) atoms. The molecule has 5 rings (SSSR count). The highest BCUT2D eigenvalue weighted by Gasteiger charge is 2.33. The summed E-state index contributed by atoms with van der Waals surface area (Å²) in [5.74, 6) is 2.21. The predicted molar refractivity (Wildman–Crippen MR) is 62.5 cm³/mol. The number of hydrogen-bond donors (Lipinski definition) is 1. The van der Waals surface area contributed by atoms with Gasteiger partial charge in [-0.15, -0.1) is 0 Å². The molecule has 76 valence electrons. The zero-order valence-electron chi connectivity index (χ0n) is 8.66. The van der Waals surface area contributed by atoms with Crippen LogP contribution in [0.1, 0.15) is 24.3 Å². The molecule has 0 saturated carbocycles. The summed E-state index contributed by atoms with van der Waals surface area (Å²) in [6.07, 6.45) is 2.68. The molecule has 1 aromatic heterocycles. The second-order valence-corrected chi connectivity index (χ2v) is 4.69. The Labute approximate surface area is 88.9 Å². The third-order valence-corrected chi connectivity index (χ3v) is 3.94. The molecule has 1 N–H and O–H groups in total. The van der Waals surface area contributed by atoms with Gasteiger partial charge in [0.1, 0.15) is 5.82 Å². The second-order valence-electron chi connectivity index (χ2n) is 4.69. The Morgan fingerprint density at radius 3 is 2.80 bits per heavy atom. The van der Waals surface area contributed by atoms with Crippen molar-refractivity contribution in [3.05, 3.63) is 29.8 Å². The molecule has 1 fully saturated rings. The molecule has 3 aliphatic rings. The van der Waals surface area contributed by atoms with Crippen molar-refractivity contribution < 1.29 is 0 Å². The molecular formula is C13H14N2. The highest BCUT2D eigenvalue weighted by molar-refractivity contribution is 5.90. The lowest BCUT2D eigenvalue weighted by Gasteiger charge is -2.40. The lowest BCUT2D eigenvalue weighted by molar-refractivity contribution is 0.475. The molecule has 0 spiro atoms. The lowest BCUT2D eigenvalue weighted by atomic mass is 9.84. The Kier molecular flexibility index (Phi) is 1.34. The Hall–Kier alpha value is -1.44. The molecule has 0 atom stereocenters. The first-order valence-corrected chi connectivity index (χ1v) is 5.79. The number of piperidine rings is 1. The Balaban J connectivity index is 2.10. The van der Waals surface area contributed by atoms with E-state index >= 15 is 0 Å². The smallest absolute Gasteiger partial charge is 0.110 e. The Morgan fingerprint density at radius 1 is 1.13 bits per heavy atom. The molecule has 2 aromatic rings. The minimum absolute atomic E-state index is 0.807. The molecule has 0 aliphatic carbocycles. The first kappa shape index (κ1) is 7.80. The van der Waals surface area contributed by atoms with Crippen LogP contribution >= 0.6 is 0 Å². The van der Waals surface area contributed by atoms with Crippen molar-refractivity contribution in [1.82, 2.24) is 4.98 Å². The zero-order valence-corrected chi connectivity index (χ0v) is 8.66. The van der Waals surface area contributed by atoms with Crippen molar-refractivity contribution in [2.75, 3.05) is 18.0 Å². The van der Waals surface area contributed by atoms with Crippen LogP contribution in [0.2, 0.25) is 0 Å². The fourth-order valence-electron chi connectivity index (χ4n) is 3.20. The highest BCUT2D eigenvalue weighted by atomic mass is 15.2. The van der Waals surface area contributed by atoms with Crippen molar-refractivity contribution in [3.8, 4) is 0 Å². The van der Waals surface area contributed by atoms with Gasteiger partial charge in [0.2, 0.25) is 0 Å². The quantitative estimate of drug-likeness (QED) is 0.689. The number of hydrogen-bond acceptors (Lipinski definition) is 1. The predicted octanol–water partition coefficient (Wildman–Crippen LogP) is 2.87. The second kappa shape index (κ2) is 2.57. The van der Waals surface area contributed by atoms with Gasteiger partial charge in [-0.05, 0) is 24.8 Å². The fraction of sp³-hybridized carbons (Fsp3) is 0.385. The first-order chi connectivity index (χ1) is 7.43. The summed E-state index contributed by atoms with van der Waals surface area (Å²) in [7, 11) is 0. The van der Waals surface area contributed by atoms with Crippen LogP contribution in [0, 0.1) is 0 Å². The summed E-state index contributed by atoms with van der Waals surface area (Å²) >= 11 is 0. The van der Waals surface area contributed by atoms with Crippen LogP contribution in [-0.2, 0) is 0 Å². The number of nitrogens with zero attached hydrogens (tertiary/aromatic N) is 1. The molecule has 2 heteroatoms. The normalized spacial score (nSPS) is 19.9. The molecule has 0 amide bonds. The van der Waals surface area contributed by atoms with Crippen molar-refractivity contribution in [1.29, 1.82) is 0 Å². The summed E-state index contributed by atoms with van der Waals surface area (Å²) in [6.45, 7) is 2.48. The first-order valence-electron chi connectivity index (χ1n) is 5.79. The summed E-state index contributed by atoms with van der Waals surface area (Å²) < 4.78 is 0. The average molecular weight is 198 g/mol. The maximum absolute atomic E-state index is 3.57. The maximum Gasteiger partial charge on any atom is 0.110 e. The topological polar surface area (TPSA) is 19.0 Å². The van der Waals surface area contributed by atoms with E-state index < -0.39 is 0 Å². The van der Waals surface area contributed by atoms with Crippen molar-refractivity contribution in [2.24, 2.45) is 0 Å². The summed E-state index contributed by atoms with van der Waals surface area (Å²) in [4.78, 5) is 6.08. The molecule has 1 aromatic carbocycles. The standard InChI is InChI=1S/C13H14N2/c1-2-4-11-10(3-1)12-9-5-7-15(8-6-9)13(12)14-11/h1-4,9,14H,5-8H2. The van der Waals surface area contributed by atoms with Crippen molar-refractivity contribution >= 4 is 16.7 Å². The van der Waals surface area contributed by atoms with Crippen LogP contribution in [-0.4, -0.2) is 18.1 Å². The number of fused-ring (bicyclic) bond motifs is 3. The minimum Gasteiger partial charge on any atom is -0.358 e. The van der Waals surface area contributed by atoms with E-state index in [0.717, 1.165) is 5.92 Å². The zero-order chi connectivity index (χ0) is 9.83. The van der Waals surface area contributed by atoms with Gasteiger partial charge in [0.15, 0.2) is 0 Å². The molecule has 3 aliphatic heterocycles. The number of aromatic amines is 1. The number of rotatable bonds is 0. The van der Waals surface area contributed by atoms with Crippen LogP contribution in [0.4, 0.5) is 5.82 Å². The summed E-state index contributed by atoms with van der Waals surface area (Å²) in [6, 6.07) is 8.70. The molecule has 4 heterocycles. The number of benzene rings is 1. The third kappa shape index (κ3) is 0.895. The number of H-pyrrole nitrogens is 1. The van der Waals surface area contributed by atoms with Gasteiger partial charge >= 0.3 is 0 Å². The molecule has 1 saturated heterocycles. The van der Waals surface area contributed by atoms with Gasteiger partial charge in [-0.3, -0.25) is 0 Å². The number of para-hydroxylation sites is 1. The molecule has 0 radical (unpaired) electrons. The highest BCUT2D eigenvalue weighted by Crippen LogP contribution is 2.45. The van der Waals surface area contributed by atoms with E-state index in [0.29, 0.717) is 0 Å². The SMILES string of the molecule is c1ccc2c3c([nH]c2c1)N1CCC3CC1. The van der Waals surface area contributed by atoms with Gasteiger partial charge in [0.05, 0.1) is 0 Å². The van der Waals surface area contributed by atoms with E-state index in [-0.39, 0.29) is 0 Å². The van der Waals surface area contributed by atoms with E-state index in [2.05, 4.69) is 34.1 Å². The Morgan fingerprint density at radius 2 is 1.93 bits per heavy atom. The number of anilines is 1. The molecule has 2 bridgehead atoms. The van der Waals surface area contributed by atoms with Crippen LogP contribution < -0.4 is 4.90 Å². The van der Waals surface area contributed by atoms with E-state index in [1.54, 1.807) is 5.56 Å². The van der Waals surface area contributed by atoms with E-state index in [1.165, 1.54) is 42.7 Å². The van der Waals surface area contributed by atoms with Crippen LogP contribution in [0.5, 0.6) is 0 Å². The minimum atomic E-state index is 0.807. The maximum atomic E-state index is 3.57. The van der Waals surface area contributed by atoms with E-state index in [9.17, 15) is 0 Å². The molecule has 2 nitrogen and oxygen atoms in total. The van der Waals surface area contributed by atoms with Crippen molar-refractivity contribution in [3.63, 3.8) is 0 Å². The van der Waals surface area contributed by atoms with Crippen LogP contribution in [0.25, 0.3) is 10.9 Å². The fourth-order valence-corrected chi connectivity index (χ4v) is 3.20. The van der Waals surface area contributed by atoms with Crippen molar-refractivity contribution in [2.45, 2.75) is 18.8 Å². The van der Waals surface area contributed by atoms with Gasteiger partial charge in [-0.25, -0.2) is 0 Å². The Bertz CT molecular complexity index is 518. The van der Waals surface area contributed by atoms with Gasteiger partial charge in [-0.2, -0.15) is 0 Å². The summed E-state index contributed by atoms with van der Waals surface area (Å²) in [5.41, 5.74) is 2.89. The monoisotopic (exact) mass is 198 g/mol. The third-order valence-electron chi connectivity index (χ3n) is 3.94. The largest absolute Gasteiger partial charge is 0.358 e. The van der Waals surface area contributed by atoms with E-state index in [1.807, 2.05) is 0 Å². The van der Waals surface area contributed by atoms with Crippen LogP contribution in [0.3, 0.4) is 0 Å². The van der Waals surface area contributed by atoms with Crippen LogP contribution in [0.15, 0.2) is 24.3 Å². The average Bonchev–Trinajstić information content (AvgIpc) is 2.71. The number of nitrogens with one attached hydrogen (secondary N) is 1. The number of aromatic nitrogens is 1.